The van der Waals surface area contributed by atoms with Crippen LogP contribution < -0.4 is 0 Å². The summed E-state index contributed by atoms with van der Waals surface area (Å²) in [5.74, 6) is 0. The fraction of sp³-hybridized carbons (Fsp3) is 1.00. The summed E-state index contributed by atoms with van der Waals surface area (Å²) in [7, 11) is 7.12. The lowest BCUT2D eigenvalue weighted by molar-refractivity contribution is 1.52. The van der Waals surface area contributed by atoms with Crippen molar-refractivity contribution in [2.75, 3.05) is 7.05 Å². The van der Waals surface area contributed by atoms with E-state index in [0.717, 1.165) is 0 Å². The molecule has 3 heteroatoms. The van der Waals surface area contributed by atoms with Gasteiger partial charge in [-0.1, -0.05) is 8.25 Å². The summed E-state index contributed by atoms with van der Waals surface area (Å²) in [4.78, 5) is 0. The second kappa shape index (κ2) is 3.16. The summed E-state index contributed by atoms with van der Waals surface area (Å²) < 4.78 is 3.49. The fourth-order valence-corrected chi connectivity index (χ4v) is 0. The van der Waals surface area contributed by atoms with Gasteiger partial charge in [0.1, 0.15) is 0 Å². The second-order valence-electron chi connectivity index (χ2n) is 0.315. The van der Waals surface area contributed by atoms with Gasteiger partial charge in [-0.05, 0) is 0 Å². The van der Waals surface area contributed by atoms with Gasteiger partial charge in [0.25, 0.3) is 0 Å². The Morgan fingerprint density at radius 2 is 2.25 bits per heavy atom. The Morgan fingerprint density at radius 1 is 2.00 bits per heavy atom. The van der Waals surface area contributed by atoms with Gasteiger partial charge >= 0.3 is 0 Å². The number of hydrogen-bond donors (Lipinski definition) is 0. The maximum Gasteiger partial charge on any atom is 0.178 e. The third kappa shape index (κ3) is 2.16. The summed E-state index contributed by atoms with van der Waals surface area (Å²) in [6.07, 6.45) is 0. The third-order valence-electron chi connectivity index (χ3n) is 0.115. The van der Waals surface area contributed by atoms with Crippen molar-refractivity contribution in [1.82, 2.24) is 0 Å². The zero-order valence-electron chi connectivity index (χ0n) is 2.47. The van der Waals surface area contributed by atoms with Gasteiger partial charge in [0.05, 0.1) is 0 Å². The molecule has 0 aliphatic heterocycles. The normalized spacial score (nSPS) is 9.25. The van der Waals surface area contributed by atoms with Crippen LogP contribution in [0.25, 0.3) is 0 Å². The lowest BCUT2D eigenvalue weighted by Gasteiger charge is -1.51. The monoisotopic (exact) mass is 71.0 g/mol. The molecule has 0 unspecified atom stereocenters. The maximum atomic E-state index is 4.83. The fourth-order valence-electron chi connectivity index (χ4n) is 0. The van der Waals surface area contributed by atoms with Crippen LogP contribution in [0.5, 0.6) is 0 Å². The zero-order valence-corrected chi connectivity index (χ0v) is 3.37. The van der Waals surface area contributed by atoms with Gasteiger partial charge in [0.2, 0.25) is 0 Å². The lowest BCUT2D eigenvalue weighted by atomic mass is 10.8. The SMILES string of the molecule is [B]P=NC. The average molecular weight is 70.8 g/mol. The molecule has 0 bridgehead atoms. The summed E-state index contributed by atoms with van der Waals surface area (Å²) in [6, 6.07) is 0. The molecule has 0 aliphatic carbocycles. The molecule has 0 atom stereocenters. The summed E-state index contributed by atoms with van der Waals surface area (Å²) in [6.45, 7) is 0. The maximum absolute atomic E-state index is 4.83. The van der Waals surface area contributed by atoms with Crippen LogP contribution in [0.3, 0.4) is 0 Å². The molecule has 0 N–H and O–H groups in total. The van der Waals surface area contributed by atoms with Crippen molar-refractivity contribution in [2.45, 2.75) is 0 Å². The van der Waals surface area contributed by atoms with Gasteiger partial charge < -0.3 is 0 Å². The van der Waals surface area contributed by atoms with Crippen molar-refractivity contribution < 1.29 is 0 Å². The van der Waals surface area contributed by atoms with Crippen LogP contribution in [0.4, 0.5) is 0 Å². The average Bonchev–Trinajstić information content (AvgIpc) is 1.37. The van der Waals surface area contributed by atoms with E-state index in [1.54, 1.807) is 7.05 Å². The molecule has 0 saturated carbocycles. The van der Waals surface area contributed by atoms with Crippen LogP contribution >= 0.6 is 8.25 Å². The number of rotatable bonds is 0. The third-order valence-corrected chi connectivity index (χ3v) is 0.346. The largest absolute Gasteiger partial charge is 0.285 e. The first kappa shape index (κ1) is 4.16. The molecule has 0 amide bonds. The Labute approximate surface area is 28.7 Å². The van der Waals surface area contributed by atoms with Gasteiger partial charge in [0, 0.05) is 7.05 Å². The minimum Gasteiger partial charge on any atom is -0.285 e. The van der Waals surface area contributed by atoms with Crippen molar-refractivity contribution in [1.29, 1.82) is 0 Å². The Kier molecular flexibility index (Phi) is 3.30. The lowest BCUT2D eigenvalue weighted by Crippen LogP contribution is -1.26. The highest BCUT2D eigenvalue weighted by Crippen LogP contribution is 1.78. The molecule has 0 rings (SSSR count). The van der Waals surface area contributed by atoms with Gasteiger partial charge in [-0.25, -0.2) is 0 Å². The molecule has 2 radical (unpaired) electrons. The highest BCUT2D eigenvalue weighted by atomic mass is 31.1. The van der Waals surface area contributed by atoms with E-state index in [1.165, 1.54) is 0 Å². The predicted octanol–water partition coefficient (Wildman–Crippen LogP) is 0.829. The highest BCUT2D eigenvalue weighted by Gasteiger charge is 1.35. The van der Waals surface area contributed by atoms with E-state index < -0.39 is 0 Å². The van der Waals surface area contributed by atoms with Gasteiger partial charge in [-0.3, -0.25) is 4.74 Å². The first-order valence-electron chi connectivity index (χ1n) is 0.905. The quantitative estimate of drug-likeness (QED) is 0.296. The van der Waals surface area contributed by atoms with Crippen LogP contribution in [0.1, 0.15) is 0 Å². The van der Waals surface area contributed by atoms with E-state index >= 15 is 0 Å². The summed E-state index contributed by atoms with van der Waals surface area (Å²) in [5.41, 5.74) is 0. The van der Waals surface area contributed by atoms with Crippen LogP contribution in [-0.4, -0.2) is 14.6 Å². The molecular weight excluding hydrogens is 67.8 g/mol. The molecular formula is CH3BNP. The van der Waals surface area contributed by atoms with Crippen LogP contribution in [-0.2, 0) is 0 Å². The van der Waals surface area contributed by atoms with E-state index in [1.807, 2.05) is 0 Å². The molecule has 0 spiro atoms. The highest BCUT2D eigenvalue weighted by molar-refractivity contribution is 7.57. The van der Waals surface area contributed by atoms with Crippen LogP contribution in [0.2, 0.25) is 0 Å². The molecule has 0 heterocycles. The Bertz CT molecular complexity index is 23.2. The molecule has 20 valence electrons. The van der Waals surface area contributed by atoms with Gasteiger partial charge in [-0.2, -0.15) is 0 Å². The number of nitrogens with zero attached hydrogens (tertiary/aromatic N) is 1. The van der Waals surface area contributed by atoms with E-state index in [0.29, 0.717) is 8.25 Å². The minimum absolute atomic E-state index is 0.623. The molecule has 0 aromatic heterocycles. The predicted molar refractivity (Wildman–Crippen MR) is 21.0 cm³/mol. The Balaban J connectivity index is 2.55. The van der Waals surface area contributed by atoms with E-state index in [2.05, 4.69) is 4.74 Å². The minimum atomic E-state index is 0.623. The topological polar surface area (TPSA) is 12.4 Å². The second-order valence-corrected chi connectivity index (χ2v) is 0.946. The van der Waals surface area contributed by atoms with E-state index in [9.17, 15) is 0 Å². The van der Waals surface area contributed by atoms with Crippen molar-refractivity contribution in [3.63, 3.8) is 0 Å². The smallest absolute Gasteiger partial charge is 0.178 e. The van der Waals surface area contributed by atoms with Gasteiger partial charge in [0.15, 0.2) is 7.57 Å². The molecule has 0 fully saturated rings. The van der Waals surface area contributed by atoms with Gasteiger partial charge in [-0.15, -0.1) is 0 Å². The van der Waals surface area contributed by atoms with E-state index in [4.69, 9.17) is 7.57 Å². The first-order valence-corrected chi connectivity index (χ1v) is 1.82. The van der Waals surface area contributed by atoms with E-state index in [-0.39, 0.29) is 0 Å². The molecule has 0 saturated heterocycles. The van der Waals surface area contributed by atoms with Crippen molar-refractivity contribution >= 4 is 15.8 Å². The molecule has 4 heavy (non-hydrogen) atoms. The van der Waals surface area contributed by atoms with Crippen molar-refractivity contribution in [3.05, 3.63) is 0 Å². The van der Waals surface area contributed by atoms with Crippen molar-refractivity contribution in [2.24, 2.45) is 4.74 Å². The molecule has 1 nitrogen and oxygen atoms in total. The van der Waals surface area contributed by atoms with Crippen LogP contribution in [0.15, 0.2) is 4.74 Å². The van der Waals surface area contributed by atoms with Crippen LogP contribution in [0, 0.1) is 0 Å². The first-order chi connectivity index (χ1) is 1.91. The standard InChI is InChI=1S/CH3BNP/c1-3-4-2/h1H3. The molecule has 0 aromatic rings. The summed E-state index contributed by atoms with van der Waals surface area (Å²) >= 11 is 0. The Morgan fingerprint density at radius 3 is 2.25 bits per heavy atom. The Hall–Kier alpha value is 0.165. The summed E-state index contributed by atoms with van der Waals surface area (Å²) in [5, 5.41) is 0. The van der Waals surface area contributed by atoms with Crippen molar-refractivity contribution in [3.8, 4) is 0 Å². The molecule has 0 aliphatic rings. The zero-order chi connectivity index (χ0) is 3.41. The number of hydrogen-bond acceptors (Lipinski definition) is 1. The molecule has 0 aromatic carbocycles.